The van der Waals surface area contributed by atoms with E-state index in [1.807, 2.05) is 0 Å². The van der Waals surface area contributed by atoms with Crippen LogP contribution in [0.3, 0.4) is 0 Å². The predicted molar refractivity (Wildman–Crippen MR) is 97.2 cm³/mol. The van der Waals surface area contributed by atoms with Crippen molar-refractivity contribution in [2.45, 2.75) is 30.6 Å². The highest BCUT2D eigenvalue weighted by molar-refractivity contribution is 5.89. The van der Waals surface area contributed by atoms with Gasteiger partial charge in [-0.15, -0.1) is 0 Å². The second-order valence-electron chi connectivity index (χ2n) is 6.52. The molecule has 1 aromatic heterocycles. The summed E-state index contributed by atoms with van der Waals surface area (Å²) in [6.07, 6.45) is -2.29. The van der Waals surface area contributed by atoms with E-state index >= 15 is 4.39 Å². The van der Waals surface area contributed by atoms with Gasteiger partial charge in [-0.05, 0) is 30.7 Å². The number of carbonyl (C=O) groups is 1. The molecular weight excluding hydrogens is 387 g/mol. The molecule has 1 fully saturated rings. The lowest BCUT2D eigenvalue weighted by atomic mass is 9.91. The number of anilines is 1. The maximum atomic E-state index is 15.5. The Labute approximate surface area is 163 Å². The van der Waals surface area contributed by atoms with Crippen LogP contribution in [0, 0.1) is 0 Å². The van der Waals surface area contributed by atoms with E-state index in [2.05, 4.69) is 15.0 Å². The van der Waals surface area contributed by atoms with E-state index in [9.17, 15) is 14.7 Å². The number of halogens is 1. The molecule has 2 aromatic rings. The van der Waals surface area contributed by atoms with Gasteiger partial charge < -0.3 is 20.3 Å². The number of hydrogen-bond acceptors (Lipinski definition) is 8. The minimum atomic E-state index is -2.96. The highest BCUT2D eigenvalue weighted by Gasteiger charge is 2.66. The van der Waals surface area contributed by atoms with E-state index in [0.717, 1.165) is 4.57 Å². The normalized spacial score (nSPS) is 28.5. The molecule has 0 aliphatic carbocycles. The van der Waals surface area contributed by atoms with E-state index < -0.39 is 42.0 Å². The molecule has 152 valence electrons. The molecule has 4 atom stereocenters. The molecule has 0 amide bonds. The SMILES string of the molecule is C[C@]1(N=[N+]=[N-])[C@H](n2ccc(N)nc2=O)O[C@](F)(CO)[C@H]1OC(=O)c1ccccc1. The fourth-order valence-corrected chi connectivity index (χ4v) is 3.15. The number of ether oxygens (including phenoxy) is 2. The second kappa shape index (κ2) is 7.51. The number of hydrogen-bond donors (Lipinski definition) is 2. The van der Waals surface area contributed by atoms with Crippen LogP contribution in [-0.2, 0) is 9.47 Å². The quantitative estimate of drug-likeness (QED) is 0.328. The average Bonchev–Trinajstić information content (AvgIpc) is 2.91. The molecule has 0 saturated carbocycles. The monoisotopic (exact) mass is 404 g/mol. The van der Waals surface area contributed by atoms with Crippen molar-refractivity contribution in [2.75, 3.05) is 12.3 Å². The summed E-state index contributed by atoms with van der Waals surface area (Å²) in [6, 6.07) is 8.95. The van der Waals surface area contributed by atoms with Crippen molar-refractivity contribution in [3.8, 4) is 0 Å². The van der Waals surface area contributed by atoms with Gasteiger partial charge >= 0.3 is 11.7 Å². The summed E-state index contributed by atoms with van der Waals surface area (Å²) in [6.45, 7) is 0.00401. The van der Waals surface area contributed by atoms with Crippen molar-refractivity contribution in [1.29, 1.82) is 0 Å². The van der Waals surface area contributed by atoms with Crippen LogP contribution in [0.5, 0.6) is 0 Å². The van der Waals surface area contributed by atoms with Crippen LogP contribution < -0.4 is 11.4 Å². The van der Waals surface area contributed by atoms with Crippen molar-refractivity contribution in [2.24, 2.45) is 5.11 Å². The number of aliphatic hydroxyl groups is 1. The van der Waals surface area contributed by atoms with Crippen LogP contribution in [-0.4, -0.2) is 44.7 Å². The molecule has 11 nitrogen and oxygen atoms in total. The third-order valence-electron chi connectivity index (χ3n) is 4.54. The molecule has 12 heteroatoms. The Kier molecular flexibility index (Phi) is 5.25. The molecule has 1 saturated heterocycles. The zero-order valence-corrected chi connectivity index (χ0v) is 15.2. The number of aromatic nitrogens is 2. The summed E-state index contributed by atoms with van der Waals surface area (Å²) >= 11 is 0. The molecule has 3 rings (SSSR count). The first-order valence-electron chi connectivity index (χ1n) is 8.39. The largest absolute Gasteiger partial charge is 0.452 e. The number of azide groups is 1. The van der Waals surface area contributed by atoms with Gasteiger partial charge in [0.05, 0.1) is 5.56 Å². The van der Waals surface area contributed by atoms with Gasteiger partial charge in [0.25, 0.3) is 5.85 Å². The Balaban J connectivity index is 2.08. The van der Waals surface area contributed by atoms with Gasteiger partial charge in [-0.3, -0.25) is 4.57 Å². The van der Waals surface area contributed by atoms with Crippen LogP contribution in [0.4, 0.5) is 10.2 Å². The van der Waals surface area contributed by atoms with Crippen molar-refractivity contribution in [1.82, 2.24) is 9.55 Å². The molecular formula is C17H17FN6O5. The van der Waals surface area contributed by atoms with Gasteiger partial charge in [-0.2, -0.15) is 4.98 Å². The molecule has 0 unspecified atom stereocenters. The molecule has 1 aliphatic heterocycles. The Morgan fingerprint density at radius 2 is 2.17 bits per heavy atom. The van der Waals surface area contributed by atoms with Crippen molar-refractivity contribution in [3.05, 3.63) is 69.1 Å². The number of aliphatic hydroxyl groups excluding tert-OH is 1. The van der Waals surface area contributed by atoms with E-state index in [0.29, 0.717) is 0 Å². The van der Waals surface area contributed by atoms with Crippen LogP contribution in [0.25, 0.3) is 10.4 Å². The summed E-state index contributed by atoms with van der Waals surface area (Å²) in [7, 11) is 0. The zero-order valence-electron chi connectivity index (χ0n) is 15.2. The van der Waals surface area contributed by atoms with Crippen LogP contribution in [0.15, 0.2) is 52.5 Å². The van der Waals surface area contributed by atoms with Gasteiger partial charge in [0.2, 0.25) is 0 Å². The molecule has 0 spiro atoms. The minimum Gasteiger partial charge on any atom is -0.452 e. The summed E-state index contributed by atoms with van der Waals surface area (Å²) in [5.74, 6) is -3.98. The van der Waals surface area contributed by atoms with Crippen LogP contribution in [0.1, 0.15) is 23.5 Å². The van der Waals surface area contributed by atoms with Crippen molar-refractivity contribution < 1.29 is 23.8 Å². The molecule has 0 bridgehead atoms. The lowest BCUT2D eigenvalue weighted by molar-refractivity contribution is -0.207. The summed E-state index contributed by atoms with van der Waals surface area (Å²) in [4.78, 5) is 30.9. The van der Waals surface area contributed by atoms with Gasteiger partial charge in [-0.25, -0.2) is 14.0 Å². The summed E-state index contributed by atoms with van der Waals surface area (Å²) in [5.41, 5.74) is 11.7. The summed E-state index contributed by atoms with van der Waals surface area (Å²) in [5, 5.41) is 13.2. The number of alkyl halides is 1. The minimum absolute atomic E-state index is 0.0875. The van der Waals surface area contributed by atoms with Gasteiger partial charge in [-0.1, -0.05) is 23.3 Å². The Morgan fingerprint density at radius 1 is 1.48 bits per heavy atom. The first-order valence-corrected chi connectivity index (χ1v) is 8.39. The van der Waals surface area contributed by atoms with Gasteiger partial charge in [0.15, 0.2) is 12.3 Å². The first-order chi connectivity index (χ1) is 13.7. The number of nitrogens with zero attached hydrogens (tertiary/aromatic N) is 5. The van der Waals surface area contributed by atoms with Crippen LogP contribution >= 0.6 is 0 Å². The zero-order chi connectivity index (χ0) is 21.2. The molecule has 29 heavy (non-hydrogen) atoms. The topological polar surface area (TPSA) is 165 Å². The third-order valence-corrected chi connectivity index (χ3v) is 4.54. The number of esters is 1. The Morgan fingerprint density at radius 3 is 2.76 bits per heavy atom. The lowest BCUT2D eigenvalue weighted by Gasteiger charge is -2.31. The predicted octanol–water partition coefficient (Wildman–Crippen LogP) is 1.31. The van der Waals surface area contributed by atoms with Crippen molar-refractivity contribution >= 4 is 11.8 Å². The standard InChI is InChI=1S/C17H17FN6O5/c1-16(22-23-20)13(28-12(26)10-5-3-2-4-6-10)17(18,9-25)29-14(16)24-8-7-11(19)21-15(24)27/h2-8,13-14,25H,9H2,1H3,(H2,19,21,27)/t13-,14+,16+,17+/m0/s1. The maximum Gasteiger partial charge on any atom is 0.351 e. The highest BCUT2D eigenvalue weighted by Crippen LogP contribution is 2.49. The van der Waals surface area contributed by atoms with E-state index in [4.69, 9.17) is 20.7 Å². The number of benzene rings is 1. The molecule has 3 N–H and O–H groups in total. The third kappa shape index (κ3) is 3.51. The molecule has 2 heterocycles. The van der Waals surface area contributed by atoms with Crippen LogP contribution in [0.2, 0.25) is 0 Å². The smallest absolute Gasteiger partial charge is 0.351 e. The number of nitrogens with two attached hydrogens (primary N) is 1. The van der Waals surface area contributed by atoms with Crippen molar-refractivity contribution in [3.63, 3.8) is 0 Å². The molecule has 1 aliphatic rings. The Bertz CT molecular complexity index is 1030. The second-order valence-corrected chi connectivity index (χ2v) is 6.52. The number of rotatable bonds is 5. The van der Waals surface area contributed by atoms with Gasteiger partial charge in [0, 0.05) is 11.1 Å². The Hall–Kier alpha value is -3.47. The summed E-state index contributed by atoms with van der Waals surface area (Å²) < 4.78 is 26.8. The highest BCUT2D eigenvalue weighted by atomic mass is 19.2. The number of nitrogen functional groups attached to an aromatic ring is 1. The molecule has 1 aromatic carbocycles. The average molecular weight is 404 g/mol. The van der Waals surface area contributed by atoms with E-state index in [1.165, 1.54) is 31.3 Å². The first kappa shape index (κ1) is 20.3. The van der Waals surface area contributed by atoms with Gasteiger partial charge in [0.1, 0.15) is 18.0 Å². The van der Waals surface area contributed by atoms with E-state index in [1.54, 1.807) is 18.2 Å². The lowest BCUT2D eigenvalue weighted by Crippen LogP contribution is -2.51. The fraction of sp³-hybridized carbons (Fsp3) is 0.353. The molecule has 0 radical (unpaired) electrons. The van der Waals surface area contributed by atoms with E-state index in [-0.39, 0.29) is 11.4 Å². The fourth-order valence-electron chi connectivity index (χ4n) is 3.15. The number of carbonyl (C=O) groups excluding carboxylic acids is 1. The maximum absolute atomic E-state index is 15.5.